The third-order valence-electron chi connectivity index (χ3n) is 7.99. The number of amides is 1. The van der Waals surface area contributed by atoms with E-state index < -0.39 is 0 Å². The van der Waals surface area contributed by atoms with Gasteiger partial charge in [0.1, 0.15) is 0 Å². The molecule has 1 amide bonds. The second-order valence-corrected chi connectivity index (χ2v) is 11.6. The molecule has 2 unspecified atom stereocenters. The molecule has 2 N–H and O–H groups in total. The second-order valence-electron chi connectivity index (χ2n) is 11.6. The van der Waals surface area contributed by atoms with Crippen molar-refractivity contribution in [2.45, 2.75) is 52.0 Å². The van der Waals surface area contributed by atoms with Crippen molar-refractivity contribution < 1.29 is 9.59 Å². The van der Waals surface area contributed by atoms with Crippen molar-refractivity contribution in [3.8, 4) is 0 Å². The zero-order valence-corrected chi connectivity index (χ0v) is 22.0. The van der Waals surface area contributed by atoms with Gasteiger partial charge >= 0.3 is 0 Å². The van der Waals surface area contributed by atoms with Crippen molar-refractivity contribution in [1.82, 2.24) is 4.98 Å². The van der Waals surface area contributed by atoms with Gasteiger partial charge in [0.05, 0.1) is 41.4 Å². The fraction of sp³-hybridized carbons (Fsp3) is 0.344. The summed E-state index contributed by atoms with van der Waals surface area (Å²) in [5, 5.41) is 7.70. The van der Waals surface area contributed by atoms with E-state index in [2.05, 4.69) is 52.6 Å². The number of carbonyl (C=O) groups is 2. The van der Waals surface area contributed by atoms with Gasteiger partial charge < -0.3 is 15.5 Å². The number of ketones is 1. The van der Waals surface area contributed by atoms with Crippen LogP contribution in [0.3, 0.4) is 0 Å². The topological polar surface area (TPSA) is 74.3 Å². The number of hydrogen-bond acceptors (Lipinski definition) is 5. The Kier molecular flexibility index (Phi) is 6.26. The SMILES string of the molecule is CC1(C)CC(=O)C2=C(C1)Nc1ccccc1N(CC(=O)Nc1cnc3ccccc3c1)C2C1CC=CCC1. The molecule has 2 atom stereocenters. The van der Waals surface area contributed by atoms with Crippen LogP contribution in [0.5, 0.6) is 0 Å². The van der Waals surface area contributed by atoms with E-state index in [0.29, 0.717) is 12.1 Å². The highest BCUT2D eigenvalue weighted by Gasteiger charge is 2.43. The average molecular weight is 507 g/mol. The smallest absolute Gasteiger partial charge is 0.243 e. The van der Waals surface area contributed by atoms with Crippen molar-refractivity contribution >= 4 is 39.7 Å². The second kappa shape index (κ2) is 9.75. The minimum atomic E-state index is -0.171. The summed E-state index contributed by atoms with van der Waals surface area (Å²) >= 11 is 0. The highest BCUT2D eigenvalue weighted by atomic mass is 16.2. The fourth-order valence-electron chi connectivity index (χ4n) is 6.36. The lowest BCUT2D eigenvalue weighted by Gasteiger charge is -2.41. The largest absolute Gasteiger partial charge is 0.357 e. The van der Waals surface area contributed by atoms with Gasteiger partial charge in [0.15, 0.2) is 5.78 Å². The molecule has 0 saturated carbocycles. The maximum absolute atomic E-state index is 13.8. The van der Waals surface area contributed by atoms with Gasteiger partial charge in [-0.1, -0.05) is 56.3 Å². The van der Waals surface area contributed by atoms with Gasteiger partial charge in [-0.25, -0.2) is 0 Å². The lowest BCUT2D eigenvalue weighted by atomic mass is 9.71. The van der Waals surface area contributed by atoms with Crippen molar-refractivity contribution in [2.75, 3.05) is 22.1 Å². The number of nitrogens with one attached hydrogen (secondary N) is 2. The summed E-state index contributed by atoms with van der Waals surface area (Å²) in [6.45, 7) is 4.46. The Morgan fingerprint density at radius 1 is 1.11 bits per heavy atom. The number of rotatable bonds is 4. The minimum Gasteiger partial charge on any atom is -0.357 e. The molecule has 2 aromatic carbocycles. The first-order valence-corrected chi connectivity index (χ1v) is 13.6. The molecule has 2 heterocycles. The maximum Gasteiger partial charge on any atom is 0.243 e. The molecule has 0 radical (unpaired) electrons. The zero-order chi connectivity index (χ0) is 26.3. The van der Waals surface area contributed by atoms with Gasteiger partial charge in [-0.2, -0.15) is 0 Å². The molecule has 2 aliphatic carbocycles. The molecule has 0 saturated heterocycles. The number of fused-ring (bicyclic) bond motifs is 2. The van der Waals surface area contributed by atoms with Crippen LogP contribution in [0.1, 0.15) is 46.0 Å². The first-order valence-electron chi connectivity index (χ1n) is 13.6. The summed E-state index contributed by atoms with van der Waals surface area (Å²) in [7, 11) is 0. The fourth-order valence-corrected chi connectivity index (χ4v) is 6.36. The molecular formula is C32H34N4O2. The van der Waals surface area contributed by atoms with Crippen LogP contribution in [-0.4, -0.2) is 29.3 Å². The number of anilines is 3. The molecule has 3 aliphatic rings. The van der Waals surface area contributed by atoms with Gasteiger partial charge in [-0.15, -0.1) is 0 Å². The number of allylic oxidation sites excluding steroid dienone is 3. The van der Waals surface area contributed by atoms with Crippen LogP contribution in [0.4, 0.5) is 17.1 Å². The first-order chi connectivity index (χ1) is 18.4. The monoisotopic (exact) mass is 506 g/mol. The zero-order valence-electron chi connectivity index (χ0n) is 22.0. The lowest BCUT2D eigenvalue weighted by Crippen LogP contribution is -2.49. The van der Waals surface area contributed by atoms with Gasteiger partial charge in [0.25, 0.3) is 0 Å². The Balaban J connectivity index is 1.39. The summed E-state index contributed by atoms with van der Waals surface area (Å²) in [6.07, 6.45) is 10.4. The van der Waals surface area contributed by atoms with E-state index in [0.717, 1.165) is 59.2 Å². The van der Waals surface area contributed by atoms with Crippen molar-refractivity contribution in [1.29, 1.82) is 0 Å². The van der Waals surface area contributed by atoms with Gasteiger partial charge in [0, 0.05) is 23.1 Å². The van der Waals surface area contributed by atoms with E-state index in [1.165, 1.54) is 0 Å². The Bertz CT molecular complexity index is 1470. The Labute approximate surface area is 223 Å². The van der Waals surface area contributed by atoms with Gasteiger partial charge in [-0.3, -0.25) is 14.6 Å². The Hall–Kier alpha value is -3.93. The van der Waals surface area contributed by atoms with E-state index in [-0.39, 0.29) is 35.6 Å². The van der Waals surface area contributed by atoms with E-state index >= 15 is 0 Å². The molecule has 0 spiro atoms. The van der Waals surface area contributed by atoms with Crippen molar-refractivity contribution in [3.05, 3.63) is 84.2 Å². The van der Waals surface area contributed by atoms with E-state index in [9.17, 15) is 9.59 Å². The number of carbonyl (C=O) groups excluding carboxylic acids is 2. The molecule has 6 rings (SSSR count). The van der Waals surface area contributed by atoms with E-state index in [1.54, 1.807) is 6.20 Å². The molecule has 0 bridgehead atoms. The van der Waals surface area contributed by atoms with Crippen molar-refractivity contribution in [3.63, 3.8) is 0 Å². The van der Waals surface area contributed by atoms with Crippen LogP contribution >= 0.6 is 0 Å². The quantitative estimate of drug-likeness (QED) is 0.397. The molecular weight excluding hydrogens is 472 g/mol. The van der Waals surface area contributed by atoms with Crippen LogP contribution in [0.2, 0.25) is 0 Å². The Morgan fingerprint density at radius 2 is 1.92 bits per heavy atom. The maximum atomic E-state index is 13.8. The summed E-state index contributed by atoms with van der Waals surface area (Å²) in [5.41, 5.74) is 5.23. The van der Waals surface area contributed by atoms with Gasteiger partial charge in [0.2, 0.25) is 5.91 Å². The molecule has 1 aliphatic heterocycles. The molecule has 6 nitrogen and oxygen atoms in total. The Morgan fingerprint density at radius 3 is 2.76 bits per heavy atom. The van der Waals surface area contributed by atoms with Crippen LogP contribution in [0.15, 0.2) is 84.2 Å². The highest BCUT2D eigenvalue weighted by molar-refractivity contribution is 6.02. The third kappa shape index (κ3) is 4.71. The lowest BCUT2D eigenvalue weighted by molar-refractivity contribution is -0.119. The number of pyridine rings is 1. The summed E-state index contributed by atoms with van der Waals surface area (Å²) in [5.74, 6) is 0.319. The molecule has 1 aromatic heterocycles. The number of aromatic nitrogens is 1. The summed E-state index contributed by atoms with van der Waals surface area (Å²) in [4.78, 5) is 34.1. The summed E-state index contributed by atoms with van der Waals surface area (Å²) < 4.78 is 0. The summed E-state index contributed by atoms with van der Waals surface area (Å²) in [6, 6.07) is 17.8. The predicted octanol–water partition coefficient (Wildman–Crippen LogP) is 6.47. The van der Waals surface area contributed by atoms with Crippen LogP contribution in [0, 0.1) is 11.3 Å². The molecule has 6 heteroatoms. The van der Waals surface area contributed by atoms with E-state index in [4.69, 9.17) is 0 Å². The van der Waals surface area contributed by atoms with E-state index in [1.807, 2.05) is 48.5 Å². The highest BCUT2D eigenvalue weighted by Crippen LogP contribution is 2.46. The predicted molar refractivity (Wildman–Crippen MR) is 153 cm³/mol. The number of Topliss-reactive ketones (excluding diaryl/α,β-unsaturated/α-hetero) is 1. The normalized spacial score (nSPS) is 22.4. The molecule has 194 valence electrons. The van der Waals surface area contributed by atoms with Crippen molar-refractivity contribution in [2.24, 2.45) is 11.3 Å². The number of para-hydroxylation sites is 3. The molecule has 38 heavy (non-hydrogen) atoms. The first kappa shape index (κ1) is 24.4. The van der Waals surface area contributed by atoms with Crippen LogP contribution in [-0.2, 0) is 9.59 Å². The molecule has 3 aromatic rings. The number of benzene rings is 2. The number of hydrogen-bond donors (Lipinski definition) is 2. The third-order valence-corrected chi connectivity index (χ3v) is 7.99. The van der Waals surface area contributed by atoms with Crippen LogP contribution in [0.25, 0.3) is 10.9 Å². The molecule has 0 fully saturated rings. The average Bonchev–Trinajstić information content (AvgIpc) is 3.03. The number of nitrogens with zero attached hydrogens (tertiary/aromatic N) is 2. The standard InChI is InChI=1S/C32H34N4O2/c1-32(2)17-26-30(28(37)18-32)31(21-10-4-3-5-11-21)36(27-15-9-8-14-25(27)35-26)20-29(38)34-23-16-22-12-6-7-13-24(22)33-19-23/h3-4,6-9,12-16,19,21,31,35H,5,10-11,17-18,20H2,1-2H3,(H,34,38). The van der Waals surface area contributed by atoms with Crippen LogP contribution < -0.4 is 15.5 Å². The minimum absolute atomic E-state index is 0.107. The van der Waals surface area contributed by atoms with Gasteiger partial charge in [-0.05, 0) is 61.3 Å².